The molecule has 5 rings (SSSR count). The van der Waals surface area contributed by atoms with Gasteiger partial charge in [-0.25, -0.2) is 0 Å². The van der Waals surface area contributed by atoms with Crippen molar-refractivity contribution in [2.75, 3.05) is 0 Å². The van der Waals surface area contributed by atoms with E-state index in [2.05, 4.69) is 26.8 Å². The summed E-state index contributed by atoms with van der Waals surface area (Å²) < 4.78 is 0. The molecule has 0 saturated carbocycles. The number of hydrogen-bond acceptors (Lipinski definition) is 4. The normalized spacial score (nSPS) is 16.3. The minimum absolute atomic E-state index is 0.0179. The number of fused-ring (bicyclic) bond motifs is 8. The molecule has 8 bridgehead atoms. The fraction of sp³-hybridized carbons (Fsp3) is 0.273. The van der Waals surface area contributed by atoms with Gasteiger partial charge in [-0.15, -0.1) is 6.58 Å². The van der Waals surface area contributed by atoms with E-state index in [-0.39, 0.29) is 18.8 Å². The number of nitrogens with one attached hydrogen (secondary N) is 4. The van der Waals surface area contributed by atoms with Crippen molar-refractivity contribution in [3.63, 3.8) is 0 Å². The zero-order valence-electron chi connectivity index (χ0n) is 24.2. The Morgan fingerprint density at radius 2 is 1.43 bits per heavy atom. The lowest BCUT2D eigenvalue weighted by Gasteiger charge is -2.08. The summed E-state index contributed by atoms with van der Waals surface area (Å²) in [6.07, 6.45) is 11.6. The van der Waals surface area contributed by atoms with Crippen LogP contribution in [0.1, 0.15) is 64.7 Å². The van der Waals surface area contributed by atoms with Crippen molar-refractivity contribution >= 4 is 42.5 Å². The van der Waals surface area contributed by atoms with E-state index in [1.54, 1.807) is 0 Å². The number of aromatic nitrogens is 3. The summed E-state index contributed by atoms with van der Waals surface area (Å²) in [5, 5.41) is 35.6. The molecule has 2 aliphatic heterocycles. The lowest BCUT2D eigenvalue weighted by atomic mass is 9.97. The van der Waals surface area contributed by atoms with Crippen molar-refractivity contribution < 1.29 is 24.9 Å². The maximum absolute atomic E-state index is 11.5. The second-order valence-corrected chi connectivity index (χ2v) is 11.0. The van der Waals surface area contributed by atoms with E-state index in [1.165, 1.54) is 0 Å². The molecular weight excluding hydrogens is 532 g/mol. The number of carbonyl (C=O) groups is 2. The lowest BCUT2D eigenvalue weighted by molar-refractivity contribution is -0.138. The quantitative estimate of drug-likeness (QED) is 0.217. The average molecular weight is 569 g/mol. The van der Waals surface area contributed by atoms with Gasteiger partial charge in [0, 0.05) is 63.2 Å². The molecule has 2 aliphatic rings. The topological polar surface area (TPSA) is 154 Å². The molecule has 0 spiro atoms. The second kappa shape index (κ2) is 11.2. The zero-order chi connectivity index (χ0) is 30.3. The Kier molecular flexibility index (Phi) is 7.60. The number of aliphatic hydroxyl groups is 1. The van der Waals surface area contributed by atoms with Gasteiger partial charge in [-0.1, -0.05) is 6.08 Å². The molecule has 0 fully saturated rings. The molecular formula is C33H36N4O5. The van der Waals surface area contributed by atoms with Crippen LogP contribution in [0, 0.1) is 26.7 Å². The van der Waals surface area contributed by atoms with E-state index in [0.29, 0.717) is 18.1 Å². The monoisotopic (exact) mass is 568 g/mol. The molecule has 1 unspecified atom stereocenters. The minimum Gasteiger partial charge on any atom is -0.515 e. The Bertz CT molecular complexity index is 1940. The van der Waals surface area contributed by atoms with Gasteiger partial charge in [0.25, 0.3) is 0 Å². The number of aliphatic hydroxyl groups excluding tert-OH is 1. The van der Waals surface area contributed by atoms with Crippen LogP contribution in [0.3, 0.4) is 0 Å². The number of carboxylic acids is 2. The van der Waals surface area contributed by atoms with E-state index in [1.807, 2.05) is 58.1 Å². The average Bonchev–Trinajstić information content (AvgIpc) is 3.59. The van der Waals surface area contributed by atoms with Gasteiger partial charge in [0.15, 0.2) is 0 Å². The summed E-state index contributed by atoms with van der Waals surface area (Å²) in [6, 6.07) is 0. The van der Waals surface area contributed by atoms with Crippen LogP contribution in [-0.2, 0) is 22.4 Å². The van der Waals surface area contributed by atoms with E-state index >= 15 is 0 Å². The molecule has 0 radical (unpaired) electrons. The molecule has 0 saturated heterocycles. The Labute approximate surface area is 242 Å². The van der Waals surface area contributed by atoms with Crippen LogP contribution in [0.15, 0.2) is 29.6 Å². The number of rotatable bonds is 7. The molecule has 7 N–H and O–H groups in total. The summed E-state index contributed by atoms with van der Waals surface area (Å²) in [4.78, 5) is 33.5. The lowest BCUT2D eigenvalue weighted by Crippen LogP contribution is -2.25. The first-order chi connectivity index (χ1) is 20.0. The molecule has 3 aromatic heterocycles. The summed E-state index contributed by atoms with van der Waals surface area (Å²) in [7, 11) is 0. The molecule has 1 atom stereocenters. The standard InChI is InChI=1S/C33H36N4O5/c1-6-20-16(2)26-13-31-23(15-38)19(5)25(37-31)11-24-17(3)21(7-9-32(39)40)29(35-24)14-30-22(8-10-33(41)42)18(4)27(36-30)12-28(20)34-26/h6,11-15,20,34-38H,1,7-10H2,2-5H3,(H,39,40)(H,41,42). The van der Waals surface area contributed by atoms with Crippen molar-refractivity contribution in [1.29, 1.82) is 0 Å². The van der Waals surface area contributed by atoms with Crippen molar-refractivity contribution in [2.24, 2.45) is 5.92 Å². The first kappa shape index (κ1) is 28.6. The predicted molar refractivity (Wildman–Crippen MR) is 163 cm³/mol. The smallest absolute Gasteiger partial charge is 0.303 e. The van der Waals surface area contributed by atoms with Gasteiger partial charge in [-0.3, -0.25) is 9.59 Å². The van der Waals surface area contributed by atoms with E-state index in [9.17, 15) is 24.9 Å². The van der Waals surface area contributed by atoms with Gasteiger partial charge in [0.05, 0.1) is 11.6 Å². The van der Waals surface area contributed by atoms with Crippen molar-refractivity contribution in [2.45, 2.75) is 53.4 Å². The first-order valence-electron chi connectivity index (χ1n) is 13.9. The fourth-order valence-corrected chi connectivity index (χ4v) is 5.98. The third-order valence-corrected chi connectivity index (χ3v) is 8.48. The number of carboxylic acid groups (broad SMARTS) is 2. The van der Waals surface area contributed by atoms with Crippen LogP contribution < -0.4 is 26.6 Å². The van der Waals surface area contributed by atoms with Gasteiger partial charge in [0.2, 0.25) is 0 Å². The molecule has 3 aromatic rings. The van der Waals surface area contributed by atoms with Crippen LogP contribution in [0.25, 0.3) is 30.6 Å². The maximum atomic E-state index is 11.5. The van der Waals surface area contributed by atoms with E-state index < -0.39 is 11.9 Å². The molecule has 0 aromatic carbocycles. The van der Waals surface area contributed by atoms with Gasteiger partial charge in [-0.05, 0) is 98.2 Å². The van der Waals surface area contributed by atoms with Gasteiger partial charge in [-0.2, -0.15) is 0 Å². The Morgan fingerprint density at radius 3 is 2.07 bits per heavy atom. The predicted octanol–water partition coefficient (Wildman–Crippen LogP) is 2.40. The number of allylic oxidation sites excluding steroid dienone is 2. The largest absolute Gasteiger partial charge is 0.515 e. The molecule has 218 valence electrons. The molecule has 9 nitrogen and oxygen atoms in total. The molecule has 0 aliphatic carbocycles. The number of hydrogen-bond donors (Lipinski definition) is 7. The van der Waals surface area contributed by atoms with Crippen LogP contribution in [0.2, 0.25) is 0 Å². The Hall–Kier alpha value is -4.92. The molecule has 0 amide bonds. The number of H-pyrrole nitrogens is 3. The summed E-state index contributed by atoms with van der Waals surface area (Å²) in [5.41, 5.74) is 9.84. The molecule has 42 heavy (non-hydrogen) atoms. The highest BCUT2D eigenvalue weighted by Gasteiger charge is 2.25. The van der Waals surface area contributed by atoms with Crippen molar-refractivity contribution in [3.05, 3.63) is 95.8 Å². The van der Waals surface area contributed by atoms with Crippen molar-refractivity contribution in [1.82, 2.24) is 20.3 Å². The number of aromatic amines is 3. The summed E-state index contributed by atoms with van der Waals surface area (Å²) in [5.74, 6) is -1.83. The third-order valence-electron chi connectivity index (χ3n) is 8.48. The summed E-state index contributed by atoms with van der Waals surface area (Å²) >= 11 is 0. The van der Waals surface area contributed by atoms with Crippen LogP contribution in [0.5, 0.6) is 0 Å². The highest BCUT2D eigenvalue weighted by Crippen LogP contribution is 2.33. The van der Waals surface area contributed by atoms with Crippen LogP contribution in [-0.4, -0.2) is 42.2 Å². The third kappa shape index (κ3) is 5.13. The van der Waals surface area contributed by atoms with E-state index in [0.717, 1.165) is 84.2 Å². The molecule has 9 heteroatoms. The fourth-order valence-electron chi connectivity index (χ4n) is 5.98. The van der Waals surface area contributed by atoms with Gasteiger partial charge >= 0.3 is 11.9 Å². The number of aliphatic carboxylic acids is 2. The SMILES string of the molecule is C=CC1C2=Cc3[nH]c(c(CCC(=O)O)c3C)C=c3[nH]c(c(C)c3CCC(=O)O)=Cc3[nH]c(c(=CO)c3C)=CC(=C1C)N2. The maximum Gasteiger partial charge on any atom is 0.303 e. The zero-order valence-corrected chi connectivity index (χ0v) is 24.2. The van der Waals surface area contributed by atoms with Crippen LogP contribution >= 0.6 is 0 Å². The minimum atomic E-state index is -0.885. The highest BCUT2D eigenvalue weighted by atomic mass is 16.4. The van der Waals surface area contributed by atoms with Crippen molar-refractivity contribution in [3.8, 4) is 0 Å². The van der Waals surface area contributed by atoms with E-state index in [4.69, 9.17) is 0 Å². The summed E-state index contributed by atoms with van der Waals surface area (Å²) in [6.45, 7) is 12.0. The van der Waals surface area contributed by atoms with Gasteiger partial charge in [0.1, 0.15) is 0 Å². The first-order valence-corrected chi connectivity index (χ1v) is 13.9. The second-order valence-electron chi connectivity index (χ2n) is 11.0. The Morgan fingerprint density at radius 1 is 0.786 bits per heavy atom. The van der Waals surface area contributed by atoms with Gasteiger partial charge < -0.3 is 35.6 Å². The molecule has 5 heterocycles. The highest BCUT2D eigenvalue weighted by molar-refractivity contribution is 5.71. The van der Waals surface area contributed by atoms with Crippen LogP contribution in [0.4, 0.5) is 0 Å². The Balaban J connectivity index is 1.88.